The molecule has 4 saturated heterocycles. The number of imide groups is 1. The summed E-state index contributed by atoms with van der Waals surface area (Å²) in [5, 5.41) is 2.68. The normalized spacial score (nSPS) is 20.4. The Hall–Kier alpha value is -5.52. The van der Waals surface area contributed by atoms with Crippen LogP contribution in [-0.4, -0.2) is 138 Å². The third-order valence-electron chi connectivity index (χ3n) is 14.9. The van der Waals surface area contributed by atoms with E-state index in [1.54, 1.807) is 18.2 Å². The fraction of sp³-hybridized carbons (Fsp3) is 0.538. The first kappa shape index (κ1) is 49.5. The van der Waals surface area contributed by atoms with E-state index in [-0.39, 0.29) is 82.5 Å². The molecule has 5 aliphatic heterocycles. The van der Waals surface area contributed by atoms with Gasteiger partial charge in [-0.05, 0) is 126 Å². The van der Waals surface area contributed by atoms with Gasteiger partial charge in [-0.15, -0.1) is 0 Å². The Balaban J connectivity index is 0.784. The number of piperazine rings is 1. The van der Waals surface area contributed by atoms with Crippen LogP contribution in [0.25, 0.3) is 22.0 Å². The maximum atomic E-state index is 17.1. The second kappa shape index (κ2) is 21.9. The smallest absolute Gasteiger partial charge is 0.319 e. The van der Waals surface area contributed by atoms with Crippen molar-refractivity contribution >= 4 is 52.0 Å². The van der Waals surface area contributed by atoms with E-state index >= 15 is 8.78 Å². The van der Waals surface area contributed by atoms with Crippen molar-refractivity contribution in [1.29, 1.82) is 0 Å². The maximum Gasteiger partial charge on any atom is 0.319 e. The van der Waals surface area contributed by atoms with Gasteiger partial charge in [0, 0.05) is 68.1 Å². The monoisotopic (exact) mass is 986 g/mol. The molecule has 2 unspecified atom stereocenters. The lowest BCUT2D eigenvalue weighted by Crippen LogP contribution is -2.52. The zero-order chi connectivity index (χ0) is 49.1. The van der Waals surface area contributed by atoms with Gasteiger partial charge in [0.15, 0.2) is 5.82 Å². The van der Waals surface area contributed by atoms with E-state index in [1.807, 2.05) is 23.8 Å². The minimum atomic E-state index is -0.805. The van der Waals surface area contributed by atoms with Crippen LogP contribution >= 0.6 is 11.6 Å². The molecule has 0 spiro atoms. The Morgan fingerprint density at radius 1 is 0.871 bits per heavy atom. The minimum Gasteiger partial charge on any atom is -0.493 e. The van der Waals surface area contributed by atoms with Crippen molar-refractivity contribution in [2.45, 2.75) is 109 Å². The molecule has 0 bridgehead atoms. The third kappa shape index (κ3) is 10.6. The van der Waals surface area contributed by atoms with Gasteiger partial charge in [0.05, 0.1) is 17.2 Å². The van der Waals surface area contributed by atoms with E-state index in [9.17, 15) is 23.6 Å². The molecule has 0 aliphatic carbocycles. The minimum absolute atomic E-state index is 0.0117. The summed E-state index contributed by atoms with van der Waals surface area (Å²) in [5.41, 5.74) is 1.67. The number of halogens is 4. The number of nitrogens with one attached hydrogen (secondary N) is 1. The van der Waals surface area contributed by atoms with Crippen LogP contribution < -0.4 is 19.7 Å². The number of likely N-dealkylation sites (tertiary alicyclic amines) is 2. The highest BCUT2D eigenvalue weighted by atomic mass is 35.5. The highest BCUT2D eigenvalue weighted by Crippen LogP contribution is 2.44. The van der Waals surface area contributed by atoms with Crippen molar-refractivity contribution in [1.82, 2.24) is 34.9 Å². The van der Waals surface area contributed by atoms with Crippen molar-refractivity contribution in [2.24, 2.45) is 0 Å². The van der Waals surface area contributed by atoms with Crippen molar-refractivity contribution in [2.75, 3.05) is 77.5 Å². The Kier molecular flexibility index (Phi) is 15.4. The van der Waals surface area contributed by atoms with Gasteiger partial charge in [0.1, 0.15) is 41.4 Å². The molecule has 0 radical (unpaired) electrons. The number of aromatic nitrogens is 2. The lowest BCUT2D eigenvalue weighted by Gasteiger charge is -2.36. The molecule has 1 N–H and O–H groups in total. The van der Waals surface area contributed by atoms with Crippen LogP contribution in [-0.2, 0) is 20.9 Å². The standard InChI is InChI=1S/C52H62ClF3N8O6/c1-3-44(66)62-22-24-63(25-23-62)49-37-29-39(53)45(47(56)48(37)58-52(59-49)70-31-34-11-10-18-60(34)2)46-40(55)12-9-13-42(46)69-26-8-6-4-5-7-19-61-20-16-32(17-21-61)35-27-33(54)28-36-38(35)30-64(51(36)68)41-14-15-43(65)57-50(41)67/h9,12-13,27-29,32,34,41H,3-8,10-11,14-26,30-31H2,1-2H3,(H,57,65,67). The van der Waals surface area contributed by atoms with Gasteiger partial charge in [-0.25, -0.2) is 13.2 Å². The maximum absolute atomic E-state index is 17.1. The molecule has 0 saturated carbocycles. The number of piperidine rings is 2. The number of carbonyl (C=O) groups excluding carboxylic acids is 4. The number of fused-ring (bicyclic) bond motifs is 2. The first-order chi connectivity index (χ1) is 33.9. The predicted molar refractivity (Wildman–Crippen MR) is 260 cm³/mol. The summed E-state index contributed by atoms with van der Waals surface area (Å²) in [4.78, 5) is 69.4. The van der Waals surface area contributed by atoms with Gasteiger partial charge in [-0.3, -0.25) is 24.5 Å². The first-order valence-corrected chi connectivity index (χ1v) is 25.4. The zero-order valence-electron chi connectivity index (χ0n) is 40.1. The van der Waals surface area contributed by atoms with Crippen molar-refractivity contribution in [3.63, 3.8) is 0 Å². The van der Waals surface area contributed by atoms with E-state index in [0.717, 1.165) is 88.7 Å². The molecule has 4 fully saturated rings. The number of nitrogens with zero attached hydrogens (tertiary/aromatic N) is 7. The van der Waals surface area contributed by atoms with Crippen molar-refractivity contribution < 1.29 is 41.8 Å². The van der Waals surface area contributed by atoms with Gasteiger partial charge < -0.3 is 34.0 Å². The SMILES string of the molecule is CCC(=O)N1CCN(c2nc(OCC3CCCN3C)nc3c(F)c(-c4c(F)cccc4OCCCCCCCN4CCC(c5cc(F)cc6c5CN(C5CCC(=O)NC5=O)C6=O)CC4)c(Cl)cc23)CC1. The van der Waals surface area contributed by atoms with Crippen molar-refractivity contribution in [3.05, 3.63) is 75.6 Å². The number of benzene rings is 3. The molecule has 9 rings (SSSR count). The van der Waals surface area contributed by atoms with Gasteiger partial charge in [0.25, 0.3) is 5.91 Å². The molecule has 4 amide bonds. The van der Waals surface area contributed by atoms with E-state index in [2.05, 4.69) is 20.1 Å². The topological polar surface area (TPSA) is 141 Å². The van der Waals surface area contributed by atoms with Gasteiger partial charge in [0.2, 0.25) is 17.7 Å². The summed E-state index contributed by atoms with van der Waals surface area (Å²) in [6, 6.07) is 8.25. The number of anilines is 1. The lowest BCUT2D eigenvalue weighted by atomic mass is 9.85. The Labute approximate surface area is 411 Å². The fourth-order valence-corrected chi connectivity index (χ4v) is 11.2. The van der Waals surface area contributed by atoms with E-state index in [1.165, 1.54) is 23.1 Å². The molecule has 18 heteroatoms. The zero-order valence-corrected chi connectivity index (χ0v) is 40.8. The molecule has 14 nitrogen and oxygen atoms in total. The molecule has 1 aromatic heterocycles. The predicted octanol–water partition coefficient (Wildman–Crippen LogP) is 7.87. The molecule has 3 aromatic carbocycles. The van der Waals surface area contributed by atoms with E-state index in [0.29, 0.717) is 69.0 Å². The molecule has 70 heavy (non-hydrogen) atoms. The van der Waals surface area contributed by atoms with Gasteiger partial charge in [-0.2, -0.15) is 9.97 Å². The van der Waals surface area contributed by atoms with Gasteiger partial charge >= 0.3 is 6.01 Å². The summed E-state index contributed by atoms with van der Waals surface area (Å²) in [6.07, 6.45) is 9.10. The summed E-state index contributed by atoms with van der Waals surface area (Å²) in [5.74, 6) is -2.35. The second-order valence-corrected chi connectivity index (χ2v) is 19.8. The number of hydrogen-bond acceptors (Lipinski definition) is 11. The highest BCUT2D eigenvalue weighted by molar-refractivity contribution is 6.34. The lowest BCUT2D eigenvalue weighted by molar-refractivity contribution is -0.137. The summed E-state index contributed by atoms with van der Waals surface area (Å²) in [6.45, 7) is 8.21. The number of amides is 4. The van der Waals surface area contributed by atoms with Crippen LogP contribution in [0.2, 0.25) is 5.02 Å². The molecule has 6 heterocycles. The largest absolute Gasteiger partial charge is 0.493 e. The molecule has 4 aromatic rings. The first-order valence-electron chi connectivity index (χ1n) is 25.0. The van der Waals surface area contributed by atoms with E-state index in [4.69, 9.17) is 26.1 Å². The highest BCUT2D eigenvalue weighted by Gasteiger charge is 2.41. The van der Waals surface area contributed by atoms with Crippen LogP contribution in [0, 0.1) is 17.5 Å². The second-order valence-electron chi connectivity index (χ2n) is 19.3. The van der Waals surface area contributed by atoms with Crippen LogP contribution in [0.5, 0.6) is 11.8 Å². The van der Waals surface area contributed by atoms with Crippen LogP contribution in [0.15, 0.2) is 36.4 Å². The van der Waals surface area contributed by atoms with Crippen LogP contribution in [0.3, 0.4) is 0 Å². The average Bonchev–Trinajstić information content (AvgIpc) is 3.92. The van der Waals surface area contributed by atoms with Gasteiger partial charge in [-0.1, -0.05) is 43.9 Å². The fourth-order valence-electron chi connectivity index (χ4n) is 10.9. The summed E-state index contributed by atoms with van der Waals surface area (Å²) < 4.78 is 60.2. The quantitative estimate of drug-likeness (QED) is 0.0817. The van der Waals surface area contributed by atoms with Crippen LogP contribution in [0.4, 0.5) is 19.0 Å². The Bertz CT molecular complexity index is 2620. The number of hydrogen-bond donors (Lipinski definition) is 1. The summed E-state index contributed by atoms with van der Waals surface area (Å²) in [7, 11) is 2.04. The Morgan fingerprint density at radius 2 is 1.64 bits per heavy atom. The van der Waals surface area contributed by atoms with E-state index < -0.39 is 29.4 Å². The summed E-state index contributed by atoms with van der Waals surface area (Å²) >= 11 is 6.90. The van der Waals surface area contributed by atoms with Crippen LogP contribution in [0.1, 0.15) is 111 Å². The number of unbranched alkanes of at least 4 members (excludes halogenated alkanes) is 4. The Morgan fingerprint density at radius 3 is 2.39 bits per heavy atom. The van der Waals surface area contributed by atoms with Crippen molar-refractivity contribution in [3.8, 4) is 22.9 Å². The molecular weight excluding hydrogens is 925 g/mol. The molecular formula is C52H62ClF3N8O6. The number of carbonyl (C=O) groups is 4. The molecule has 374 valence electrons. The molecule has 2 atom stereocenters. The number of rotatable bonds is 17. The average molecular weight is 988 g/mol. The third-order valence-corrected chi connectivity index (χ3v) is 15.2. The molecule has 5 aliphatic rings. The number of ether oxygens (including phenoxy) is 2. The number of likely N-dealkylation sites (N-methyl/N-ethyl adjacent to an activating group) is 1.